The van der Waals surface area contributed by atoms with Crippen LogP contribution in [0.3, 0.4) is 0 Å². The molecule has 7 nitrogen and oxygen atoms in total. The topological polar surface area (TPSA) is 74.2 Å². The van der Waals surface area contributed by atoms with Crippen LogP contribution in [0.25, 0.3) is 0 Å². The third kappa shape index (κ3) is 5.24. The van der Waals surface area contributed by atoms with Crippen molar-refractivity contribution in [2.75, 3.05) is 47.4 Å². The van der Waals surface area contributed by atoms with Crippen molar-refractivity contribution in [3.8, 4) is 0 Å². The van der Waals surface area contributed by atoms with Gasteiger partial charge in [0.1, 0.15) is 0 Å². The van der Waals surface area contributed by atoms with Crippen molar-refractivity contribution in [2.45, 2.75) is 19.8 Å². The van der Waals surface area contributed by atoms with Crippen LogP contribution in [0.5, 0.6) is 0 Å². The first-order chi connectivity index (χ1) is 9.99. The maximum Gasteiger partial charge on any atom is 0.309 e. The maximum absolute atomic E-state index is 11.7. The van der Waals surface area contributed by atoms with E-state index in [0.717, 1.165) is 25.9 Å². The molecule has 1 fully saturated rings. The van der Waals surface area contributed by atoms with E-state index in [-0.39, 0.29) is 24.3 Å². The van der Waals surface area contributed by atoms with Crippen molar-refractivity contribution in [1.82, 2.24) is 15.1 Å². The van der Waals surface area contributed by atoms with E-state index in [4.69, 9.17) is 4.74 Å². The number of ether oxygens (including phenoxy) is 1. The Morgan fingerprint density at radius 1 is 1.33 bits per heavy atom. The highest BCUT2D eigenvalue weighted by atomic mass is 16.5. The molecule has 1 rings (SSSR count). The molecule has 0 unspecified atom stereocenters. The lowest BCUT2D eigenvalue weighted by atomic mass is 9.97. The van der Waals surface area contributed by atoms with Gasteiger partial charge in [-0.1, -0.05) is 0 Å². The van der Waals surface area contributed by atoms with E-state index in [0.29, 0.717) is 12.6 Å². The molecular weight excluding hydrogens is 272 g/mol. The first-order valence-electron chi connectivity index (χ1n) is 7.32. The summed E-state index contributed by atoms with van der Waals surface area (Å²) in [4.78, 5) is 31.1. The SMILES string of the molecule is CCOC(=O)C1CCN(C(=NC)NCC(=O)N(C)C)CC1. The minimum atomic E-state index is -0.108. The lowest BCUT2D eigenvalue weighted by Gasteiger charge is -2.33. The highest BCUT2D eigenvalue weighted by molar-refractivity contribution is 5.86. The van der Waals surface area contributed by atoms with Gasteiger partial charge in [-0.25, -0.2) is 0 Å². The summed E-state index contributed by atoms with van der Waals surface area (Å²) in [5, 5.41) is 3.06. The van der Waals surface area contributed by atoms with Gasteiger partial charge in [0.25, 0.3) is 0 Å². The van der Waals surface area contributed by atoms with Gasteiger partial charge < -0.3 is 19.9 Å². The van der Waals surface area contributed by atoms with Gasteiger partial charge in [0.05, 0.1) is 19.1 Å². The molecule has 1 aliphatic heterocycles. The molecule has 1 saturated heterocycles. The summed E-state index contributed by atoms with van der Waals surface area (Å²) in [6, 6.07) is 0. The molecule has 0 aromatic heterocycles. The van der Waals surface area contributed by atoms with Crippen LogP contribution in [0, 0.1) is 5.92 Å². The number of aliphatic imine (C=N–C) groups is 1. The number of likely N-dealkylation sites (tertiary alicyclic amines) is 1. The van der Waals surface area contributed by atoms with Gasteiger partial charge in [-0.15, -0.1) is 0 Å². The van der Waals surface area contributed by atoms with E-state index in [1.165, 1.54) is 4.90 Å². The summed E-state index contributed by atoms with van der Waals surface area (Å²) >= 11 is 0. The molecule has 7 heteroatoms. The highest BCUT2D eigenvalue weighted by Gasteiger charge is 2.27. The molecule has 0 aliphatic carbocycles. The number of guanidine groups is 1. The normalized spacial score (nSPS) is 16.6. The molecular formula is C14H26N4O3. The van der Waals surface area contributed by atoms with Crippen LogP contribution >= 0.6 is 0 Å². The summed E-state index contributed by atoms with van der Waals surface area (Å²) in [6.07, 6.45) is 1.50. The molecule has 1 amide bonds. The number of amides is 1. The average molecular weight is 298 g/mol. The van der Waals surface area contributed by atoms with Crippen LogP contribution in [0.2, 0.25) is 0 Å². The predicted octanol–water partition coefficient (Wildman–Crippen LogP) is -0.0749. The van der Waals surface area contributed by atoms with Crippen LogP contribution in [-0.2, 0) is 14.3 Å². The fraction of sp³-hybridized carbons (Fsp3) is 0.786. The van der Waals surface area contributed by atoms with Gasteiger partial charge in [0, 0.05) is 34.2 Å². The van der Waals surface area contributed by atoms with Gasteiger partial charge >= 0.3 is 5.97 Å². The van der Waals surface area contributed by atoms with Gasteiger partial charge in [0.2, 0.25) is 5.91 Å². The number of carbonyl (C=O) groups excluding carboxylic acids is 2. The standard InChI is InChI=1S/C14H26N4O3/c1-5-21-13(20)11-6-8-18(9-7-11)14(15-2)16-10-12(19)17(3)4/h11H,5-10H2,1-4H3,(H,15,16). The molecule has 21 heavy (non-hydrogen) atoms. The molecule has 120 valence electrons. The number of esters is 1. The number of nitrogens with one attached hydrogen (secondary N) is 1. The maximum atomic E-state index is 11.7. The lowest BCUT2D eigenvalue weighted by Crippen LogP contribution is -2.48. The van der Waals surface area contributed by atoms with E-state index < -0.39 is 0 Å². The summed E-state index contributed by atoms with van der Waals surface area (Å²) < 4.78 is 5.06. The smallest absolute Gasteiger partial charge is 0.309 e. The van der Waals surface area contributed by atoms with Gasteiger partial charge in [-0.3, -0.25) is 14.6 Å². The highest BCUT2D eigenvalue weighted by Crippen LogP contribution is 2.18. The molecule has 0 atom stereocenters. The number of rotatable bonds is 4. The Kier molecular flexibility index (Phi) is 6.98. The van der Waals surface area contributed by atoms with Crippen molar-refractivity contribution >= 4 is 17.8 Å². The van der Waals surface area contributed by atoms with E-state index in [2.05, 4.69) is 15.2 Å². The second kappa shape index (κ2) is 8.49. The molecule has 0 radical (unpaired) electrons. The van der Waals surface area contributed by atoms with E-state index in [1.54, 1.807) is 21.1 Å². The van der Waals surface area contributed by atoms with Crippen LogP contribution in [0.1, 0.15) is 19.8 Å². The Bertz CT molecular complexity index is 388. The molecule has 0 saturated carbocycles. The first-order valence-corrected chi connectivity index (χ1v) is 7.32. The number of nitrogens with zero attached hydrogens (tertiary/aromatic N) is 3. The van der Waals surface area contributed by atoms with Gasteiger partial charge in [-0.2, -0.15) is 0 Å². The summed E-state index contributed by atoms with van der Waals surface area (Å²) in [5.74, 6) is 0.565. The summed E-state index contributed by atoms with van der Waals surface area (Å²) in [5.41, 5.74) is 0. The molecule has 1 heterocycles. The largest absolute Gasteiger partial charge is 0.466 e. The van der Waals surface area contributed by atoms with Crippen LogP contribution in [0.4, 0.5) is 0 Å². The Morgan fingerprint density at radius 2 is 1.95 bits per heavy atom. The third-order valence-electron chi connectivity index (χ3n) is 3.52. The molecule has 0 bridgehead atoms. The van der Waals surface area contributed by atoms with Crippen molar-refractivity contribution in [1.29, 1.82) is 0 Å². The predicted molar refractivity (Wildman–Crippen MR) is 81.0 cm³/mol. The number of hydrogen-bond acceptors (Lipinski definition) is 4. The van der Waals surface area contributed by atoms with Crippen LogP contribution in [0.15, 0.2) is 4.99 Å². The molecule has 0 spiro atoms. The van der Waals surface area contributed by atoms with E-state index in [1.807, 2.05) is 6.92 Å². The third-order valence-corrected chi connectivity index (χ3v) is 3.52. The van der Waals surface area contributed by atoms with Crippen molar-refractivity contribution < 1.29 is 14.3 Å². The zero-order chi connectivity index (χ0) is 15.8. The zero-order valence-corrected chi connectivity index (χ0v) is 13.4. The van der Waals surface area contributed by atoms with E-state index in [9.17, 15) is 9.59 Å². The number of piperidine rings is 1. The zero-order valence-electron chi connectivity index (χ0n) is 13.4. The Labute approximate surface area is 126 Å². The summed E-state index contributed by atoms with van der Waals surface area (Å²) in [7, 11) is 5.13. The lowest BCUT2D eigenvalue weighted by molar-refractivity contribution is -0.149. The van der Waals surface area contributed by atoms with Crippen molar-refractivity contribution in [3.63, 3.8) is 0 Å². The van der Waals surface area contributed by atoms with Crippen LogP contribution < -0.4 is 5.32 Å². The fourth-order valence-electron chi connectivity index (χ4n) is 2.23. The Hall–Kier alpha value is -1.79. The van der Waals surface area contributed by atoms with Gasteiger partial charge in [0.15, 0.2) is 5.96 Å². The molecule has 0 aromatic rings. The van der Waals surface area contributed by atoms with Crippen molar-refractivity contribution in [2.24, 2.45) is 10.9 Å². The number of carbonyl (C=O) groups is 2. The first kappa shape index (κ1) is 17.3. The average Bonchev–Trinajstić information content (AvgIpc) is 2.48. The minimum absolute atomic E-state index is 0.00226. The molecule has 1 N–H and O–H groups in total. The Balaban J connectivity index is 2.44. The van der Waals surface area contributed by atoms with Gasteiger partial charge in [-0.05, 0) is 19.8 Å². The quantitative estimate of drug-likeness (QED) is 0.446. The number of likely N-dealkylation sites (N-methyl/N-ethyl adjacent to an activating group) is 1. The molecule has 1 aliphatic rings. The second-order valence-corrected chi connectivity index (χ2v) is 5.20. The monoisotopic (exact) mass is 298 g/mol. The number of hydrogen-bond donors (Lipinski definition) is 1. The Morgan fingerprint density at radius 3 is 2.43 bits per heavy atom. The van der Waals surface area contributed by atoms with Crippen LogP contribution in [-0.4, -0.2) is 75.0 Å². The van der Waals surface area contributed by atoms with Crippen molar-refractivity contribution in [3.05, 3.63) is 0 Å². The minimum Gasteiger partial charge on any atom is -0.466 e. The molecule has 0 aromatic carbocycles. The fourth-order valence-corrected chi connectivity index (χ4v) is 2.23. The van der Waals surface area contributed by atoms with E-state index >= 15 is 0 Å². The summed E-state index contributed by atoms with van der Waals surface area (Å²) in [6.45, 7) is 3.94. The second-order valence-electron chi connectivity index (χ2n) is 5.20.